The summed E-state index contributed by atoms with van der Waals surface area (Å²) in [4.78, 5) is 12.7. The van der Waals surface area contributed by atoms with E-state index in [1.54, 1.807) is 0 Å². The van der Waals surface area contributed by atoms with Gasteiger partial charge in [-0.05, 0) is 61.7 Å². The Labute approximate surface area is 296 Å². The summed E-state index contributed by atoms with van der Waals surface area (Å²) in [6, 6.07) is 16.8. The first-order valence-corrected chi connectivity index (χ1v) is 25.8. The number of ether oxygens (including phenoxy) is 2. The zero-order chi connectivity index (χ0) is 34.8. The Hall–Kier alpha value is -3.12. The Morgan fingerprint density at radius 1 is 0.837 bits per heavy atom. The summed E-state index contributed by atoms with van der Waals surface area (Å²) in [6.45, 7) is 23.4. The number of aromatic nitrogens is 4. The lowest BCUT2D eigenvalue weighted by molar-refractivity contribution is 0.0941. The Morgan fingerprint density at radius 2 is 1.47 bits per heavy atom. The van der Waals surface area contributed by atoms with Crippen LogP contribution in [0.25, 0.3) is 33.6 Å². The van der Waals surface area contributed by atoms with Crippen molar-refractivity contribution in [3.63, 3.8) is 0 Å². The van der Waals surface area contributed by atoms with Crippen LogP contribution >= 0.6 is 0 Å². The molecule has 0 radical (unpaired) electrons. The van der Waals surface area contributed by atoms with Crippen LogP contribution in [0.4, 0.5) is 5.82 Å². The van der Waals surface area contributed by atoms with E-state index in [1.165, 1.54) is 32.1 Å². The molecule has 7 nitrogen and oxygen atoms in total. The molecule has 2 bridgehead atoms. The lowest BCUT2D eigenvalue weighted by Crippen LogP contribution is -2.34. The standard InChI is InChI=1S/C40H57N5O2Si2/c1-29(2)37-38(34-23-30-14-15-31(22-30)24-34)43-39-35(33-16-17-36(41-25-33)32-12-10-9-11-13-32)26-42-45(39)40(37)44(27-46-18-20-48(3,4)5)28-47-19-21-49(6,7)8/h9-13,16-17,25-26,30-31,34H,1,14-15,18-24,27-28H2,2-8H3/t30-,31+,34+. The highest BCUT2D eigenvalue weighted by molar-refractivity contribution is 6.76. The van der Waals surface area contributed by atoms with Crippen molar-refractivity contribution in [1.82, 2.24) is 19.6 Å². The van der Waals surface area contributed by atoms with Gasteiger partial charge in [-0.1, -0.05) is 95.1 Å². The van der Waals surface area contributed by atoms with Crippen LogP contribution < -0.4 is 4.90 Å². The minimum Gasteiger partial charge on any atom is -0.361 e. The second-order valence-corrected chi connectivity index (χ2v) is 28.3. The quantitative estimate of drug-likeness (QED) is 0.0701. The van der Waals surface area contributed by atoms with Gasteiger partial charge in [0, 0.05) is 63.7 Å². The van der Waals surface area contributed by atoms with Crippen LogP contribution in [-0.4, -0.2) is 62.4 Å². The van der Waals surface area contributed by atoms with Crippen molar-refractivity contribution in [1.29, 1.82) is 0 Å². The van der Waals surface area contributed by atoms with Crippen molar-refractivity contribution in [3.05, 3.63) is 72.7 Å². The first-order chi connectivity index (χ1) is 23.4. The zero-order valence-electron chi connectivity index (χ0n) is 31.0. The van der Waals surface area contributed by atoms with Crippen LogP contribution in [0.2, 0.25) is 51.4 Å². The molecule has 4 aromatic rings. The lowest BCUT2D eigenvalue weighted by atomic mass is 9.77. The monoisotopic (exact) mass is 695 g/mol. The van der Waals surface area contributed by atoms with Crippen LogP contribution in [0.3, 0.4) is 0 Å². The van der Waals surface area contributed by atoms with Crippen molar-refractivity contribution in [2.75, 3.05) is 31.6 Å². The van der Waals surface area contributed by atoms with E-state index in [9.17, 15) is 0 Å². The first-order valence-electron chi connectivity index (χ1n) is 18.4. The van der Waals surface area contributed by atoms with Crippen molar-refractivity contribution in [2.24, 2.45) is 11.8 Å². The average Bonchev–Trinajstić information content (AvgIpc) is 3.64. The molecule has 3 aromatic heterocycles. The van der Waals surface area contributed by atoms with E-state index < -0.39 is 16.1 Å². The zero-order valence-corrected chi connectivity index (χ0v) is 33.0. The van der Waals surface area contributed by atoms with Crippen molar-refractivity contribution in [3.8, 4) is 22.4 Å². The van der Waals surface area contributed by atoms with E-state index >= 15 is 0 Å². The fourth-order valence-corrected chi connectivity index (χ4v) is 9.04. The molecule has 0 spiro atoms. The van der Waals surface area contributed by atoms with E-state index in [-0.39, 0.29) is 0 Å². The smallest absolute Gasteiger partial charge is 0.165 e. The highest BCUT2D eigenvalue weighted by Gasteiger charge is 2.38. The summed E-state index contributed by atoms with van der Waals surface area (Å²) in [5.41, 5.74) is 8.19. The minimum atomic E-state index is -1.25. The van der Waals surface area contributed by atoms with Crippen LogP contribution in [0, 0.1) is 11.8 Å². The fraction of sp³-hybridized carbons (Fsp3) is 0.525. The summed E-state index contributed by atoms with van der Waals surface area (Å²) in [7, 11) is -2.50. The fourth-order valence-electron chi connectivity index (χ4n) is 7.53. The topological polar surface area (TPSA) is 64.8 Å². The minimum absolute atomic E-state index is 0.394. The van der Waals surface area contributed by atoms with E-state index in [0.29, 0.717) is 19.4 Å². The molecule has 2 aliphatic carbocycles. The number of pyridine rings is 1. The molecule has 0 amide bonds. The Balaban J connectivity index is 1.45. The molecule has 9 heteroatoms. The maximum atomic E-state index is 6.47. The highest BCUT2D eigenvalue weighted by Crippen LogP contribution is 2.50. The van der Waals surface area contributed by atoms with E-state index in [0.717, 1.165) is 87.8 Å². The predicted molar refractivity (Wildman–Crippen MR) is 210 cm³/mol. The highest BCUT2D eigenvalue weighted by atomic mass is 28.3. The molecule has 3 heterocycles. The second-order valence-electron chi connectivity index (χ2n) is 17.0. The molecule has 0 N–H and O–H groups in total. The Bertz CT molecular complexity index is 1690. The number of rotatable bonds is 15. The van der Waals surface area contributed by atoms with Crippen LogP contribution in [0.15, 0.2) is 61.4 Å². The lowest BCUT2D eigenvalue weighted by Gasteiger charge is -2.33. The summed E-state index contributed by atoms with van der Waals surface area (Å²) >= 11 is 0. The van der Waals surface area contributed by atoms with Gasteiger partial charge in [-0.25, -0.2) is 4.98 Å². The maximum Gasteiger partial charge on any atom is 0.165 e. The van der Waals surface area contributed by atoms with Gasteiger partial charge < -0.3 is 14.4 Å². The van der Waals surface area contributed by atoms with Gasteiger partial charge in [0.1, 0.15) is 19.3 Å². The van der Waals surface area contributed by atoms with Crippen LogP contribution in [0.5, 0.6) is 0 Å². The SMILES string of the molecule is C=C(C)c1c([C@H]2C[C@@H]3CC[C@@H](C3)C2)nc2c(-c3ccc(-c4ccccc4)nc3)cnn2c1N(COCC[Si](C)(C)C)COCC[Si](C)(C)C. The number of hydrogen-bond acceptors (Lipinski definition) is 6. The van der Waals surface area contributed by atoms with Gasteiger partial charge in [-0.15, -0.1) is 0 Å². The molecular weight excluding hydrogens is 639 g/mol. The number of fused-ring (bicyclic) bond motifs is 3. The van der Waals surface area contributed by atoms with Crippen LogP contribution in [0.1, 0.15) is 56.2 Å². The van der Waals surface area contributed by atoms with E-state index in [2.05, 4.69) is 94.1 Å². The van der Waals surface area contributed by atoms with Crippen LogP contribution in [-0.2, 0) is 9.47 Å². The van der Waals surface area contributed by atoms with Crippen molar-refractivity contribution in [2.45, 2.75) is 96.3 Å². The molecule has 2 saturated carbocycles. The largest absolute Gasteiger partial charge is 0.361 e. The van der Waals surface area contributed by atoms with Crippen molar-refractivity contribution >= 4 is 33.2 Å². The third-order valence-electron chi connectivity index (χ3n) is 10.3. The summed E-state index contributed by atoms with van der Waals surface area (Å²) in [5.74, 6) is 2.94. The molecule has 0 aliphatic heterocycles. The Morgan fingerprint density at radius 3 is 2.02 bits per heavy atom. The number of hydrogen-bond donors (Lipinski definition) is 0. The predicted octanol–water partition coefficient (Wildman–Crippen LogP) is 10.2. The van der Waals surface area contributed by atoms with E-state index in [4.69, 9.17) is 24.5 Å². The van der Waals surface area contributed by atoms with Gasteiger partial charge in [0.15, 0.2) is 5.65 Å². The normalized spacial score (nSPS) is 19.4. The third kappa shape index (κ3) is 8.79. The first kappa shape index (κ1) is 35.7. The molecule has 0 unspecified atom stereocenters. The van der Waals surface area contributed by atoms with Gasteiger partial charge in [0.05, 0.1) is 17.6 Å². The molecule has 49 heavy (non-hydrogen) atoms. The second kappa shape index (κ2) is 15.0. The average molecular weight is 696 g/mol. The van der Waals surface area contributed by atoms with Gasteiger partial charge in [0.2, 0.25) is 0 Å². The molecule has 3 atom stereocenters. The van der Waals surface area contributed by atoms with Crippen molar-refractivity contribution < 1.29 is 9.47 Å². The van der Waals surface area contributed by atoms with Gasteiger partial charge in [0.25, 0.3) is 0 Å². The molecule has 2 aliphatic rings. The molecule has 0 saturated heterocycles. The molecule has 2 fully saturated rings. The maximum absolute atomic E-state index is 6.47. The number of benzene rings is 1. The van der Waals surface area contributed by atoms with Gasteiger partial charge in [-0.2, -0.15) is 9.61 Å². The summed E-state index contributed by atoms with van der Waals surface area (Å²) in [5, 5.41) is 5.05. The number of nitrogens with zero attached hydrogens (tertiary/aromatic N) is 5. The summed E-state index contributed by atoms with van der Waals surface area (Å²) < 4.78 is 15.0. The molecule has 262 valence electrons. The molecule has 6 rings (SSSR count). The number of anilines is 1. The Kier molecular flexibility index (Phi) is 10.9. The summed E-state index contributed by atoms with van der Waals surface area (Å²) in [6.07, 6.45) is 10.4. The number of allylic oxidation sites excluding steroid dienone is 1. The van der Waals surface area contributed by atoms with Gasteiger partial charge >= 0.3 is 0 Å². The molecular formula is C40H57N5O2Si2. The van der Waals surface area contributed by atoms with Gasteiger partial charge in [-0.3, -0.25) is 4.98 Å². The van der Waals surface area contributed by atoms with E-state index in [1.807, 2.05) is 23.0 Å². The third-order valence-corrected chi connectivity index (χ3v) is 13.7. The molecule has 1 aromatic carbocycles.